The van der Waals surface area contributed by atoms with E-state index in [9.17, 15) is 14.4 Å². The fourth-order valence-corrected chi connectivity index (χ4v) is 2.92. The van der Waals surface area contributed by atoms with Crippen molar-refractivity contribution in [2.24, 2.45) is 11.1 Å². The predicted octanol–water partition coefficient (Wildman–Crippen LogP) is 1.72. The number of hydrogen-bond donors (Lipinski definition) is 0. The minimum absolute atomic E-state index is 0.0484. The van der Waals surface area contributed by atoms with E-state index in [1.807, 2.05) is 13.0 Å². The van der Waals surface area contributed by atoms with Crippen LogP contribution in [0.1, 0.15) is 16.1 Å². The predicted molar refractivity (Wildman–Crippen MR) is 82.5 cm³/mol. The number of furan rings is 1. The van der Waals surface area contributed by atoms with Gasteiger partial charge in [0.1, 0.15) is 11.6 Å². The molecule has 1 aromatic carbocycles. The van der Waals surface area contributed by atoms with Crippen LogP contribution < -0.4 is 4.90 Å². The molecule has 1 fully saturated rings. The van der Waals surface area contributed by atoms with Crippen LogP contribution in [0.25, 0.3) is 0 Å². The molecule has 0 bridgehead atoms. The number of carbonyl (C=O) groups excluding carboxylic acids is 3. The zero-order chi connectivity index (χ0) is 16.8. The lowest BCUT2D eigenvalue weighted by Gasteiger charge is -2.15. The van der Waals surface area contributed by atoms with E-state index in [0.29, 0.717) is 5.69 Å². The number of imide groups is 1. The molecular weight excluding hydrogens is 312 g/mol. The number of oxime groups is 1. The molecule has 0 spiro atoms. The first-order chi connectivity index (χ1) is 11.6. The van der Waals surface area contributed by atoms with Gasteiger partial charge in [-0.15, -0.1) is 0 Å². The lowest BCUT2D eigenvalue weighted by molar-refractivity contribution is -0.126. The molecule has 2 amide bonds. The Morgan fingerprint density at radius 1 is 1.17 bits per heavy atom. The van der Waals surface area contributed by atoms with Crippen LogP contribution in [-0.2, 0) is 14.4 Å². The summed E-state index contributed by atoms with van der Waals surface area (Å²) in [5.74, 6) is -2.60. The Hall–Kier alpha value is -3.22. The topological polar surface area (TPSA) is 89.2 Å². The second-order valence-electron chi connectivity index (χ2n) is 5.64. The van der Waals surface area contributed by atoms with Crippen LogP contribution in [0.3, 0.4) is 0 Å². The number of anilines is 1. The summed E-state index contributed by atoms with van der Waals surface area (Å²) in [7, 11) is 0. The first kappa shape index (κ1) is 14.4. The van der Waals surface area contributed by atoms with Crippen molar-refractivity contribution in [3.8, 4) is 0 Å². The molecule has 7 nitrogen and oxygen atoms in total. The first-order valence-corrected chi connectivity index (χ1v) is 7.34. The zero-order valence-corrected chi connectivity index (χ0v) is 12.6. The summed E-state index contributed by atoms with van der Waals surface area (Å²) in [4.78, 5) is 43.8. The summed E-state index contributed by atoms with van der Waals surface area (Å²) in [6.45, 7) is 1.86. The van der Waals surface area contributed by atoms with Crippen LogP contribution in [0.5, 0.6) is 0 Å². The number of rotatable bonds is 3. The van der Waals surface area contributed by atoms with Gasteiger partial charge in [-0.1, -0.05) is 17.3 Å². The molecule has 120 valence electrons. The Balaban J connectivity index is 1.69. The van der Waals surface area contributed by atoms with E-state index in [4.69, 9.17) is 9.25 Å². The molecule has 0 radical (unpaired) electrons. The largest absolute Gasteiger partial charge is 0.461 e. The molecule has 2 aromatic rings. The third-order valence-electron chi connectivity index (χ3n) is 4.05. The molecule has 0 aliphatic carbocycles. The molecule has 2 atom stereocenters. The Kier molecular flexibility index (Phi) is 3.09. The van der Waals surface area contributed by atoms with Gasteiger partial charge in [0.25, 0.3) is 5.91 Å². The smallest absolute Gasteiger partial charge is 0.278 e. The van der Waals surface area contributed by atoms with Crippen molar-refractivity contribution in [3.05, 3.63) is 54.0 Å². The maximum atomic E-state index is 12.8. The summed E-state index contributed by atoms with van der Waals surface area (Å²) >= 11 is 0. The van der Waals surface area contributed by atoms with E-state index >= 15 is 0 Å². The van der Waals surface area contributed by atoms with Crippen LogP contribution in [0, 0.1) is 12.8 Å². The number of carbonyl (C=O) groups is 3. The van der Waals surface area contributed by atoms with E-state index in [1.54, 1.807) is 24.3 Å². The fourth-order valence-electron chi connectivity index (χ4n) is 2.92. The van der Waals surface area contributed by atoms with Crippen molar-refractivity contribution in [3.63, 3.8) is 0 Å². The molecule has 2 aliphatic heterocycles. The minimum Gasteiger partial charge on any atom is -0.461 e. The maximum Gasteiger partial charge on any atom is 0.278 e. The highest BCUT2D eigenvalue weighted by molar-refractivity contribution is 6.52. The Bertz CT molecular complexity index is 884. The van der Waals surface area contributed by atoms with Crippen molar-refractivity contribution >= 4 is 29.0 Å². The second-order valence-corrected chi connectivity index (χ2v) is 5.64. The lowest BCUT2D eigenvalue weighted by atomic mass is 9.96. The molecule has 0 N–H and O–H groups in total. The SMILES string of the molecule is Cc1cccc(N2C(=O)C3ON=C(C(=O)c4ccco4)C3C2=O)c1. The minimum atomic E-state index is -1.10. The monoisotopic (exact) mass is 324 g/mol. The highest BCUT2D eigenvalue weighted by Crippen LogP contribution is 2.34. The van der Waals surface area contributed by atoms with Gasteiger partial charge in [-0.05, 0) is 36.8 Å². The summed E-state index contributed by atoms with van der Waals surface area (Å²) < 4.78 is 5.05. The number of nitrogens with zero attached hydrogens (tertiary/aromatic N) is 2. The van der Waals surface area contributed by atoms with Crippen molar-refractivity contribution < 1.29 is 23.6 Å². The van der Waals surface area contributed by atoms with Crippen LogP contribution >= 0.6 is 0 Å². The van der Waals surface area contributed by atoms with Gasteiger partial charge in [0.15, 0.2) is 5.76 Å². The van der Waals surface area contributed by atoms with Crippen molar-refractivity contribution in [2.75, 3.05) is 4.90 Å². The van der Waals surface area contributed by atoms with Crippen LogP contribution in [0.15, 0.2) is 52.2 Å². The van der Waals surface area contributed by atoms with Crippen LogP contribution in [-0.4, -0.2) is 29.4 Å². The second kappa shape index (κ2) is 5.16. The van der Waals surface area contributed by atoms with Gasteiger partial charge in [0, 0.05) is 0 Å². The fraction of sp³-hybridized carbons (Fsp3) is 0.176. The third-order valence-corrected chi connectivity index (χ3v) is 4.05. The molecular formula is C17H12N2O5. The van der Waals surface area contributed by atoms with Gasteiger partial charge in [-0.3, -0.25) is 14.4 Å². The van der Waals surface area contributed by atoms with Gasteiger partial charge in [0.2, 0.25) is 17.8 Å². The first-order valence-electron chi connectivity index (χ1n) is 7.34. The number of benzene rings is 1. The van der Waals surface area contributed by atoms with Gasteiger partial charge < -0.3 is 9.25 Å². The van der Waals surface area contributed by atoms with E-state index in [0.717, 1.165) is 10.5 Å². The highest BCUT2D eigenvalue weighted by Gasteiger charge is 2.57. The molecule has 2 unspecified atom stereocenters. The maximum absolute atomic E-state index is 12.8. The molecule has 0 saturated carbocycles. The highest BCUT2D eigenvalue weighted by atomic mass is 16.7. The number of ketones is 1. The van der Waals surface area contributed by atoms with Crippen LogP contribution in [0.2, 0.25) is 0 Å². The molecule has 3 heterocycles. The quantitative estimate of drug-likeness (QED) is 0.633. The van der Waals surface area contributed by atoms with Gasteiger partial charge in [0.05, 0.1) is 12.0 Å². The van der Waals surface area contributed by atoms with E-state index < -0.39 is 29.6 Å². The normalized spacial score (nSPS) is 22.4. The van der Waals surface area contributed by atoms with Crippen molar-refractivity contribution in [1.82, 2.24) is 0 Å². The number of fused-ring (bicyclic) bond motifs is 1. The van der Waals surface area contributed by atoms with Crippen molar-refractivity contribution in [2.45, 2.75) is 13.0 Å². The molecule has 4 rings (SSSR count). The average Bonchev–Trinajstić information content (AvgIpc) is 3.27. The molecule has 2 aliphatic rings. The Morgan fingerprint density at radius 2 is 2.00 bits per heavy atom. The Labute approximate surface area is 136 Å². The van der Waals surface area contributed by atoms with Gasteiger partial charge >= 0.3 is 0 Å². The standard InChI is InChI=1S/C17H12N2O5/c1-9-4-2-5-10(8-9)19-16(21)12-13(18-24-15(12)17(19)22)14(20)11-6-3-7-23-11/h2-8,12,15H,1H3. The third kappa shape index (κ3) is 1.98. The van der Waals surface area contributed by atoms with E-state index in [-0.39, 0.29) is 11.5 Å². The molecule has 1 aromatic heterocycles. The number of hydrogen-bond acceptors (Lipinski definition) is 6. The number of Topliss-reactive ketones (excluding diaryl/α,β-unsaturated/α-hetero) is 1. The lowest BCUT2D eigenvalue weighted by Crippen LogP contribution is -2.34. The molecule has 1 saturated heterocycles. The van der Waals surface area contributed by atoms with E-state index in [1.165, 1.54) is 12.3 Å². The summed E-state index contributed by atoms with van der Waals surface area (Å²) in [6, 6.07) is 10.0. The van der Waals surface area contributed by atoms with Crippen molar-refractivity contribution in [1.29, 1.82) is 0 Å². The zero-order valence-electron chi connectivity index (χ0n) is 12.6. The van der Waals surface area contributed by atoms with E-state index in [2.05, 4.69) is 5.16 Å². The summed E-state index contributed by atoms with van der Waals surface area (Å²) in [6.07, 6.45) is 0.244. The summed E-state index contributed by atoms with van der Waals surface area (Å²) in [5.41, 5.74) is 1.25. The summed E-state index contributed by atoms with van der Waals surface area (Å²) in [5, 5.41) is 3.66. The number of amides is 2. The van der Waals surface area contributed by atoms with Gasteiger partial charge in [-0.25, -0.2) is 4.90 Å². The molecule has 7 heteroatoms. The van der Waals surface area contributed by atoms with Crippen LogP contribution in [0.4, 0.5) is 5.69 Å². The average molecular weight is 324 g/mol. The van der Waals surface area contributed by atoms with Gasteiger partial charge in [-0.2, -0.15) is 0 Å². The Morgan fingerprint density at radius 3 is 2.71 bits per heavy atom. The molecule has 24 heavy (non-hydrogen) atoms. The number of aryl methyl sites for hydroxylation is 1.